The third-order valence-electron chi connectivity index (χ3n) is 7.81. The van der Waals surface area contributed by atoms with Gasteiger partial charge >= 0.3 is 0 Å². The highest BCUT2D eigenvalue weighted by atomic mass is 15.3. The monoisotopic (exact) mass is 519 g/mol. The first-order chi connectivity index (χ1) is 18.9. The molecule has 7 heteroatoms. The highest BCUT2D eigenvalue weighted by Gasteiger charge is 2.20. The summed E-state index contributed by atoms with van der Waals surface area (Å²) in [7, 11) is 2.08. The van der Waals surface area contributed by atoms with Crippen molar-refractivity contribution in [3.05, 3.63) is 78.2 Å². The number of pyridine rings is 1. The van der Waals surface area contributed by atoms with Crippen molar-refractivity contribution in [3.8, 4) is 22.5 Å². The maximum absolute atomic E-state index is 5.07. The Labute approximate surface area is 230 Å². The minimum Gasteiger partial charge on any atom is -0.369 e. The van der Waals surface area contributed by atoms with Gasteiger partial charge in [-0.05, 0) is 86.8 Å². The SMILES string of the molecule is Cc1cc(C)nc(Nc2cc(-c3ccc(N4CCN(C(C)C)CC4)cc3)cc3c2nc(-c2cc[nH]c2)n3C)c1. The summed E-state index contributed by atoms with van der Waals surface area (Å²) in [5.41, 5.74) is 9.80. The maximum Gasteiger partial charge on any atom is 0.142 e. The third-order valence-corrected chi connectivity index (χ3v) is 7.81. The number of hydrogen-bond donors (Lipinski definition) is 2. The van der Waals surface area contributed by atoms with Gasteiger partial charge < -0.3 is 19.8 Å². The molecule has 0 bridgehead atoms. The summed E-state index contributed by atoms with van der Waals surface area (Å²) >= 11 is 0. The topological polar surface area (TPSA) is 65.0 Å². The second kappa shape index (κ2) is 10.2. The summed E-state index contributed by atoms with van der Waals surface area (Å²) in [5, 5.41) is 3.59. The lowest BCUT2D eigenvalue weighted by molar-refractivity contribution is 0.209. The molecule has 0 spiro atoms. The van der Waals surface area contributed by atoms with Gasteiger partial charge in [0.1, 0.15) is 17.2 Å². The van der Waals surface area contributed by atoms with Gasteiger partial charge in [0, 0.05) is 68.6 Å². The molecule has 0 saturated carbocycles. The number of H-pyrrole nitrogens is 1. The number of fused-ring (bicyclic) bond motifs is 1. The number of benzene rings is 2. The number of hydrogen-bond acceptors (Lipinski definition) is 5. The molecule has 200 valence electrons. The van der Waals surface area contributed by atoms with Crippen LogP contribution in [0.4, 0.5) is 17.2 Å². The molecule has 2 N–H and O–H groups in total. The highest BCUT2D eigenvalue weighted by molar-refractivity contribution is 5.96. The number of nitrogens with zero attached hydrogens (tertiary/aromatic N) is 5. The molecule has 4 heterocycles. The van der Waals surface area contributed by atoms with Gasteiger partial charge in [0.25, 0.3) is 0 Å². The maximum atomic E-state index is 5.07. The van der Waals surface area contributed by atoms with Gasteiger partial charge in [0.15, 0.2) is 0 Å². The van der Waals surface area contributed by atoms with E-state index in [0.717, 1.165) is 71.4 Å². The first kappa shape index (κ1) is 25.2. The van der Waals surface area contributed by atoms with E-state index in [2.05, 4.69) is 107 Å². The van der Waals surface area contributed by atoms with Crippen molar-refractivity contribution in [2.75, 3.05) is 36.4 Å². The van der Waals surface area contributed by atoms with E-state index >= 15 is 0 Å². The van der Waals surface area contributed by atoms with Crippen LogP contribution in [0.1, 0.15) is 25.1 Å². The fraction of sp³-hybridized carbons (Fsp3) is 0.312. The Hall–Kier alpha value is -4.10. The highest BCUT2D eigenvalue weighted by Crippen LogP contribution is 2.35. The Morgan fingerprint density at radius 3 is 2.28 bits per heavy atom. The first-order valence-electron chi connectivity index (χ1n) is 13.8. The summed E-state index contributed by atoms with van der Waals surface area (Å²) in [5.74, 6) is 1.76. The van der Waals surface area contributed by atoms with Crippen LogP contribution < -0.4 is 10.2 Å². The summed E-state index contributed by atoms with van der Waals surface area (Å²) in [6.45, 7) is 13.0. The quantitative estimate of drug-likeness (QED) is 0.267. The molecule has 2 aromatic carbocycles. The normalized spacial score (nSPS) is 14.5. The smallest absolute Gasteiger partial charge is 0.142 e. The van der Waals surface area contributed by atoms with Crippen LogP contribution in [0.15, 0.2) is 67.0 Å². The van der Waals surface area contributed by atoms with Crippen molar-refractivity contribution in [3.63, 3.8) is 0 Å². The molecule has 0 unspecified atom stereocenters. The van der Waals surface area contributed by atoms with Gasteiger partial charge in [0.05, 0.1) is 11.2 Å². The molecule has 1 aliphatic rings. The molecule has 1 aliphatic heterocycles. The fourth-order valence-electron chi connectivity index (χ4n) is 5.68. The molecule has 3 aromatic heterocycles. The molecule has 6 rings (SSSR count). The van der Waals surface area contributed by atoms with Gasteiger partial charge in [-0.2, -0.15) is 0 Å². The molecular weight excluding hydrogens is 482 g/mol. The van der Waals surface area contributed by atoms with E-state index in [1.54, 1.807) is 0 Å². The first-order valence-corrected chi connectivity index (χ1v) is 13.8. The average Bonchev–Trinajstić information content (AvgIpc) is 3.57. The van der Waals surface area contributed by atoms with Crippen molar-refractivity contribution >= 4 is 28.2 Å². The zero-order chi connectivity index (χ0) is 27.1. The van der Waals surface area contributed by atoms with Crippen molar-refractivity contribution in [2.45, 2.75) is 33.7 Å². The predicted octanol–water partition coefficient (Wildman–Crippen LogP) is 6.52. The van der Waals surface area contributed by atoms with Gasteiger partial charge in [-0.25, -0.2) is 9.97 Å². The van der Waals surface area contributed by atoms with E-state index < -0.39 is 0 Å². The number of anilines is 3. The number of imidazole rings is 1. The van der Waals surface area contributed by atoms with Gasteiger partial charge in [0.2, 0.25) is 0 Å². The van der Waals surface area contributed by atoms with E-state index in [-0.39, 0.29) is 0 Å². The number of piperazine rings is 1. The van der Waals surface area contributed by atoms with E-state index in [4.69, 9.17) is 9.97 Å². The average molecular weight is 520 g/mol. The summed E-state index contributed by atoms with van der Waals surface area (Å²) in [6.07, 6.45) is 3.92. The van der Waals surface area contributed by atoms with Crippen LogP contribution >= 0.6 is 0 Å². The number of nitrogens with one attached hydrogen (secondary N) is 2. The van der Waals surface area contributed by atoms with Crippen molar-refractivity contribution in [2.24, 2.45) is 7.05 Å². The van der Waals surface area contributed by atoms with Gasteiger partial charge in [-0.3, -0.25) is 4.90 Å². The molecule has 0 atom stereocenters. The lowest BCUT2D eigenvalue weighted by Crippen LogP contribution is -2.48. The van der Waals surface area contributed by atoms with Crippen LogP contribution in [0.3, 0.4) is 0 Å². The number of aryl methyl sites for hydroxylation is 3. The predicted molar refractivity (Wildman–Crippen MR) is 162 cm³/mol. The Morgan fingerprint density at radius 2 is 1.62 bits per heavy atom. The summed E-state index contributed by atoms with van der Waals surface area (Å²) < 4.78 is 2.17. The van der Waals surface area contributed by atoms with E-state index in [1.807, 2.05) is 19.3 Å². The lowest BCUT2D eigenvalue weighted by atomic mass is 10.0. The largest absolute Gasteiger partial charge is 0.369 e. The van der Waals surface area contributed by atoms with Crippen LogP contribution in [0.25, 0.3) is 33.5 Å². The third kappa shape index (κ3) is 5.02. The minimum absolute atomic E-state index is 0.607. The second-order valence-corrected chi connectivity index (χ2v) is 10.9. The van der Waals surface area contributed by atoms with Crippen LogP contribution in [-0.4, -0.2) is 56.6 Å². The number of aromatic amines is 1. The Bertz CT molecular complexity index is 1570. The van der Waals surface area contributed by atoms with Crippen LogP contribution in [-0.2, 0) is 7.05 Å². The Kier molecular flexibility index (Phi) is 6.61. The van der Waals surface area contributed by atoms with Crippen LogP contribution in [0.5, 0.6) is 0 Å². The van der Waals surface area contributed by atoms with Crippen molar-refractivity contribution in [1.29, 1.82) is 0 Å². The lowest BCUT2D eigenvalue weighted by Gasteiger charge is -2.38. The standard InChI is InChI=1S/C32H37N7/c1-21(2)38-12-14-39(15-13-38)27-8-6-24(7-9-27)26-18-28(35-30-17-22(3)16-23(4)34-30)31-29(19-26)37(5)32(36-31)25-10-11-33-20-25/h6-11,16-21,33H,12-15H2,1-5H3,(H,34,35). The summed E-state index contributed by atoms with van der Waals surface area (Å²) in [6, 6.07) is 20.3. The second-order valence-electron chi connectivity index (χ2n) is 10.9. The molecule has 5 aromatic rings. The molecule has 0 radical (unpaired) electrons. The molecule has 39 heavy (non-hydrogen) atoms. The van der Waals surface area contributed by atoms with E-state index in [9.17, 15) is 0 Å². The molecule has 1 saturated heterocycles. The number of rotatable bonds is 6. The van der Waals surface area contributed by atoms with Crippen molar-refractivity contribution in [1.82, 2.24) is 24.4 Å². The Balaban J connectivity index is 1.38. The Morgan fingerprint density at radius 1 is 0.846 bits per heavy atom. The van der Waals surface area contributed by atoms with Crippen LogP contribution in [0.2, 0.25) is 0 Å². The van der Waals surface area contributed by atoms with E-state index in [1.165, 1.54) is 16.8 Å². The van der Waals surface area contributed by atoms with Crippen molar-refractivity contribution < 1.29 is 0 Å². The zero-order valence-electron chi connectivity index (χ0n) is 23.5. The molecule has 7 nitrogen and oxygen atoms in total. The van der Waals surface area contributed by atoms with Crippen LogP contribution in [0, 0.1) is 13.8 Å². The fourth-order valence-corrected chi connectivity index (χ4v) is 5.68. The molecule has 0 aliphatic carbocycles. The van der Waals surface area contributed by atoms with Gasteiger partial charge in [-0.15, -0.1) is 0 Å². The minimum atomic E-state index is 0.607. The molecule has 1 fully saturated rings. The molecule has 0 amide bonds. The summed E-state index contributed by atoms with van der Waals surface area (Å²) in [4.78, 5) is 18.0. The zero-order valence-corrected chi connectivity index (χ0v) is 23.5. The number of aromatic nitrogens is 4. The van der Waals surface area contributed by atoms with Gasteiger partial charge in [-0.1, -0.05) is 12.1 Å². The van der Waals surface area contributed by atoms with E-state index in [0.29, 0.717) is 6.04 Å². The molecular formula is C32H37N7.